The molecule has 2 aliphatic rings. The predicted molar refractivity (Wildman–Crippen MR) is 109 cm³/mol. The number of nitrogens with one attached hydrogen (secondary N) is 1. The molecule has 0 atom stereocenters. The van der Waals surface area contributed by atoms with E-state index in [9.17, 15) is 13.2 Å². The summed E-state index contributed by atoms with van der Waals surface area (Å²) in [5.74, 6) is 0.408. The van der Waals surface area contributed by atoms with Crippen LogP contribution in [0, 0.1) is 25.7 Å². The Kier molecular flexibility index (Phi) is 4.98. The number of nitrogens with zero attached hydrogens (tertiary/aromatic N) is 2. The van der Waals surface area contributed by atoms with Crippen molar-refractivity contribution in [3.8, 4) is 0 Å². The van der Waals surface area contributed by atoms with E-state index in [1.54, 1.807) is 4.31 Å². The van der Waals surface area contributed by atoms with E-state index in [-0.39, 0.29) is 17.6 Å². The zero-order chi connectivity index (χ0) is 19.2. The molecule has 1 aromatic carbocycles. The fourth-order valence-corrected chi connectivity index (χ4v) is 6.67. The zero-order valence-corrected chi connectivity index (χ0v) is 17.3. The van der Waals surface area contributed by atoms with Crippen molar-refractivity contribution in [1.82, 2.24) is 9.29 Å². The minimum absolute atomic E-state index is 0.0531. The van der Waals surface area contributed by atoms with Gasteiger partial charge in [0.25, 0.3) is 0 Å². The molecule has 8 heteroatoms. The van der Waals surface area contributed by atoms with Crippen LogP contribution in [0.3, 0.4) is 0 Å². The van der Waals surface area contributed by atoms with Crippen LogP contribution in [0.5, 0.6) is 0 Å². The zero-order valence-electron chi connectivity index (χ0n) is 15.7. The number of aryl methyl sites for hydroxylation is 2. The molecule has 1 aliphatic carbocycles. The van der Waals surface area contributed by atoms with Gasteiger partial charge >= 0.3 is 0 Å². The Morgan fingerprint density at radius 3 is 2.59 bits per heavy atom. The minimum Gasteiger partial charge on any atom is -0.302 e. The average molecular weight is 408 g/mol. The van der Waals surface area contributed by atoms with Crippen LogP contribution < -0.4 is 5.32 Å². The monoisotopic (exact) mass is 407 g/mol. The van der Waals surface area contributed by atoms with Gasteiger partial charge in [0.15, 0.2) is 5.13 Å². The van der Waals surface area contributed by atoms with Crippen LogP contribution >= 0.6 is 11.3 Å². The molecule has 2 fully saturated rings. The molecule has 1 saturated carbocycles. The lowest BCUT2D eigenvalue weighted by Crippen LogP contribution is -2.42. The number of sulfonamides is 1. The topological polar surface area (TPSA) is 79.4 Å². The van der Waals surface area contributed by atoms with Crippen LogP contribution in [0.25, 0.3) is 10.2 Å². The molecular formula is C19H25N3O3S2. The van der Waals surface area contributed by atoms with Gasteiger partial charge in [-0.1, -0.05) is 17.4 Å². The van der Waals surface area contributed by atoms with E-state index < -0.39 is 10.0 Å². The van der Waals surface area contributed by atoms with E-state index in [0.717, 1.165) is 28.6 Å². The summed E-state index contributed by atoms with van der Waals surface area (Å²) >= 11 is 1.49. The van der Waals surface area contributed by atoms with Crippen molar-refractivity contribution in [1.29, 1.82) is 0 Å². The first-order valence-electron chi connectivity index (χ1n) is 9.48. The number of thiazole rings is 1. The second kappa shape index (κ2) is 7.14. The summed E-state index contributed by atoms with van der Waals surface area (Å²) < 4.78 is 27.4. The van der Waals surface area contributed by atoms with Gasteiger partial charge in [-0.15, -0.1) is 0 Å². The molecule has 1 saturated heterocycles. The number of piperidine rings is 1. The maximum atomic E-state index is 12.6. The number of hydrogen-bond acceptors (Lipinski definition) is 5. The summed E-state index contributed by atoms with van der Waals surface area (Å²) in [4.78, 5) is 17.2. The molecular weight excluding hydrogens is 382 g/mol. The Morgan fingerprint density at radius 1 is 1.22 bits per heavy atom. The predicted octanol–water partition coefficient (Wildman–Crippen LogP) is 3.30. The molecule has 1 amide bonds. The van der Waals surface area contributed by atoms with E-state index >= 15 is 0 Å². The van der Waals surface area contributed by atoms with Crippen LogP contribution in [-0.2, 0) is 14.8 Å². The highest BCUT2D eigenvalue weighted by Crippen LogP contribution is 2.33. The highest BCUT2D eigenvalue weighted by atomic mass is 32.2. The molecule has 1 aromatic heterocycles. The third-order valence-electron chi connectivity index (χ3n) is 5.42. The van der Waals surface area contributed by atoms with Crippen LogP contribution in [0.15, 0.2) is 12.1 Å². The second-order valence-electron chi connectivity index (χ2n) is 7.83. The van der Waals surface area contributed by atoms with Crippen molar-refractivity contribution in [3.63, 3.8) is 0 Å². The Balaban J connectivity index is 1.37. The number of anilines is 1. The van der Waals surface area contributed by atoms with Crippen molar-refractivity contribution < 1.29 is 13.2 Å². The van der Waals surface area contributed by atoms with E-state index in [1.165, 1.54) is 16.9 Å². The SMILES string of the molecule is Cc1cc(C)c2nc(NC(=O)C3CCN(S(=O)(=O)CC4CC4)CC3)sc2c1. The lowest BCUT2D eigenvalue weighted by molar-refractivity contribution is -0.120. The summed E-state index contributed by atoms with van der Waals surface area (Å²) in [6.07, 6.45) is 3.19. The van der Waals surface area contributed by atoms with Gasteiger partial charge < -0.3 is 5.32 Å². The van der Waals surface area contributed by atoms with Gasteiger partial charge in [0.05, 0.1) is 16.0 Å². The normalized spacial score (nSPS) is 19.5. The maximum Gasteiger partial charge on any atom is 0.229 e. The standard InChI is InChI=1S/C19H25N3O3S2/c1-12-9-13(2)17-16(10-12)26-19(20-17)21-18(23)15-5-7-22(8-6-15)27(24,25)11-14-3-4-14/h9-10,14-15H,3-8,11H2,1-2H3,(H,20,21,23). The van der Waals surface area contributed by atoms with Crippen molar-refractivity contribution in [3.05, 3.63) is 23.3 Å². The molecule has 146 valence electrons. The van der Waals surface area contributed by atoms with E-state index in [1.807, 2.05) is 6.92 Å². The first-order chi connectivity index (χ1) is 12.8. The lowest BCUT2D eigenvalue weighted by atomic mass is 9.97. The van der Waals surface area contributed by atoms with Gasteiger partial charge in [0.1, 0.15) is 0 Å². The number of fused-ring (bicyclic) bond motifs is 1. The van der Waals surface area contributed by atoms with Gasteiger partial charge in [-0.3, -0.25) is 4.79 Å². The maximum absolute atomic E-state index is 12.6. The van der Waals surface area contributed by atoms with E-state index in [2.05, 4.69) is 29.4 Å². The molecule has 2 aromatic rings. The number of carbonyl (C=O) groups excluding carboxylic acids is 1. The van der Waals surface area contributed by atoms with Crippen molar-refractivity contribution in [2.75, 3.05) is 24.2 Å². The van der Waals surface area contributed by atoms with Crippen LogP contribution in [0.2, 0.25) is 0 Å². The van der Waals surface area contributed by atoms with Crippen LogP contribution in [-0.4, -0.2) is 42.5 Å². The number of hydrogen-bond donors (Lipinski definition) is 1. The summed E-state index contributed by atoms with van der Waals surface area (Å²) in [5, 5.41) is 3.56. The fraction of sp³-hybridized carbons (Fsp3) is 0.579. The molecule has 0 spiro atoms. The quantitative estimate of drug-likeness (QED) is 0.825. The van der Waals surface area contributed by atoms with Crippen LogP contribution in [0.4, 0.5) is 5.13 Å². The van der Waals surface area contributed by atoms with Gasteiger partial charge in [-0.25, -0.2) is 17.7 Å². The number of amides is 1. The average Bonchev–Trinajstić information content (AvgIpc) is 3.31. The van der Waals surface area contributed by atoms with Crippen molar-refractivity contribution in [2.45, 2.75) is 39.5 Å². The highest BCUT2D eigenvalue weighted by molar-refractivity contribution is 7.89. The third-order valence-corrected chi connectivity index (χ3v) is 8.38. The molecule has 0 radical (unpaired) electrons. The first kappa shape index (κ1) is 18.8. The summed E-state index contributed by atoms with van der Waals surface area (Å²) in [6.45, 7) is 4.95. The smallest absolute Gasteiger partial charge is 0.229 e. The largest absolute Gasteiger partial charge is 0.302 e. The fourth-order valence-electron chi connectivity index (χ4n) is 3.72. The van der Waals surface area contributed by atoms with Crippen molar-refractivity contribution >= 4 is 42.6 Å². The Bertz CT molecular complexity index is 971. The molecule has 0 bridgehead atoms. The van der Waals surface area contributed by atoms with E-state index in [4.69, 9.17) is 0 Å². The Hall–Kier alpha value is -1.51. The van der Waals surface area contributed by atoms with Crippen molar-refractivity contribution in [2.24, 2.45) is 11.8 Å². The Labute approximate surface area is 164 Å². The van der Waals surface area contributed by atoms with Gasteiger partial charge in [-0.05, 0) is 62.6 Å². The highest BCUT2D eigenvalue weighted by Gasteiger charge is 2.35. The second-order valence-corrected chi connectivity index (χ2v) is 10.9. The molecule has 2 heterocycles. The number of benzene rings is 1. The summed E-state index contributed by atoms with van der Waals surface area (Å²) in [7, 11) is -3.16. The molecule has 1 aliphatic heterocycles. The third kappa shape index (κ3) is 4.17. The lowest BCUT2D eigenvalue weighted by Gasteiger charge is -2.30. The van der Waals surface area contributed by atoms with Gasteiger partial charge in [0.2, 0.25) is 15.9 Å². The summed E-state index contributed by atoms with van der Waals surface area (Å²) in [5.41, 5.74) is 3.22. The van der Waals surface area contributed by atoms with Crippen LogP contribution in [0.1, 0.15) is 36.8 Å². The molecule has 6 nitrogen and oxygen atoms in total. The number of aromatic nitrogens is 1. The van der Waals surface area contributed by atoms with E-state index in [0.29, 0.717) is 37.0 Å². The summed E-state index contributed by atoms with van der Waals surface area (Å²) in [6, 6.07) is 4.17. The van der Waals surface area contributed by atoms with Gasteiger partial charge in [0, 0.05) is 19.0 Å². The Morgan fingerprint density at radius 2 is 1.93 bits per heavy atom. The molecule has 4 rings (SSSR count). The number of carbonyl (C=O) groups is 1. The van der Waals surface area contributed by atoms with Gasteiger partial charge in [-0.2, -0.15) is 0 Å². The first-order valence-corrected chi connectivity index (χ1v) is 11.9. The molecule has 1 N–H and O–H groups in total. The molecule has 27 heavy (non-hydrogen) atoms. The molecule has 0 unspecified atom stereocenters. The number of rotatable bonds is 5. The minimum atomic E-state index is -3.16.